The molecule has 0 radical (unpaired) electrons. The number of nitro groups is 1. The molecular formula is C21H13F3N4O3S. The van der Waals surface area contributed by atoms with Crippen LogP contribution < -0.4 is 5.32 Å². The molecule has 0 aliphatic rings. The van der Waals surface area contributed by atoms with Gasteiger partial charge in [0.2, 0.25) is 0 Å². The molecule has 4 rings (SSSR count). The van der Waals surface area contributed by atoms with Crippen LogP contribution in [0.25, 0.3) is 16.3 Å². The predicted molar refractivity (Wildman–Crippen MR) is 113 cm³/mol. The number of thiophene rings is 1. The third kappa shape index (κ3) is 4.37. The van der Waals surface area contributed by atoms with Crippen LogP contribution in [0, 0.1) is 10.1 Å². The SMILES string of the molecule is O=C(Nc1cccc([N+](=O)[O-])c1)c1ccc(-n2nc(C(F)(F)F)cc2-c2cccs2)cc1. The molecule has 32 heavy (non-hydrogen) atoms. The number of rotatable bonds is 5. The molecule has 4 aromatic rings. The first-order chi connectivity index (χ1) is 15.2. The first-order valence-electron chi connectivity index (χ1n) is 9.10. The first-order valence-corrected chi connectivity index (χ1v) is 9.98. The summed E-state index contributed by atoms with van der Waals surface area (Å²) in [5.41, 5.74) is -0.0972. The number of hydrogen-bond acceptors (Lipinski definition) is 5. The van der Waals surface area contributed by atoms with E-state index in [1.807, 2.05) is 0 Å². The van der Waals surface area contributed by atoms with Gasteiger partial charge >= 0.3 is 6.18 Å². The van der Waals surface area contributed by atoms with Crippen molar-refractivity contribution in [1.29, 1.82) is 0 Å². The van der Waals surface area contributed by atoms with E-state index in [0.717, 1.165) is 6.07 Å². The molecule has 162 valence electrons. The Balaban J connectivity index is 1.61. The summed E-state index contributed by atoms with van der Waals surface area (Å²) in [7, 11) is 0. The largest absolute Gasteiger partial charge is 0.435 e. The summed E-state index contributed by atoms with van der Waals surface area (Å²) in [5.74, 6) is -0.521. The van der Waals surface area contributed by atoms with Crippen LogP contribution in [0.2, 0.25) is 0 Å². The van der Waals surface area contributed by atoms with Gasteiger partial charge in [-0.15, -0.1) is 11.3 Å². The van der Waals surface area contributed by atoms with Crippen molar-refractivity contribution in [3.63, 3.8) is 0 Å². The molecule has 0 saturated heterocycles. The van der Waals surface area contributed by atoms with E-state index in [-0.39, 0.29) is 22.6 Å². The highest BCUT2D eigenvalue weighted by molar-refractivity contribution is 7.13. The van der Waals surface area contributed by atoms with Gasteiger partial charge in [-0.2, -0.15) is 18.3 Å². The molecule has 1 amide bonds. The maximum Gasteiger partial charge on any atom is 0.435 e. The van der Waals surface area contributed by atoms with Crippen molar-refractivity contribution in [1.82, 2.24) is 9.78 Å². The fourth-order valence-corrected chi connectivity index (χ4v) is 3.70. The van der Waals surface area contributed by atoms with Crippen molar-refractivity contribution in [3.8, 4) is 16.3 Å². The Labute approximate surface area is 182 Å². The van der Waals surface area contributed by atoms with Gasteiger partial charge in [-0.05, 0) is 47.8 Å². The lowest BCUT2D eigenvalue weighted by Crippen LogP contribution is -2.12. The minimum atomic E-state index is -4.60. The van der Waals surface area contributed by atoms with Crippen LogP contribution in [0.1, 0.15) is 16.1 Å². The molecule has 0 fully saturated rings. The van der Waals surface area contributed by atoms with Gasteiger partial charge in [0.15, 0.2) is 5.69 Å². The fourth-order valence-electron chi connectivity index (χ4n) is 2.97. The molecular weight excluding hydrogens is 445 g/mol. The number of carbonyl (C=O) groups is 1. The molecule has 0 spiro atoms. The Morgan fingerprint density at radius 2 is 1.81 bits per heavy atom. The second-order valence-corrected chi connectivity index (χ2v) is 7.56. The fraction of sp³-hybridized carbons (Fsp3) is 0.0476. The summed E-state index contributed by atoms with van der Waals surface area (Å²) in [4.78, 5) is 23.4. The average Bonchev–Trinajstić information content (AvgIpc) is 3.43. The molecule has 0 saturated carbocycles. The van der Waals surface area contributed by atoms with E-state index in [4.69, 9.17) is 0 Å². The van der Waals surface area contributed by atoms with E-state index in [9.17, 15) is 28.1 Å². The minimum absolute atomic E-state index is 0.168. The van der Waals surface area contributed by atoms with Gasteiger partial charge in [0.1, 0.15) is 0 Å². The predicted octanol–water partition coefficient (Wildman–Crippen LogP) is 5.78. The number of nitrogens with zero attached hydrogens (tertiary/aromatic N) is 3. The molecule has 0 unspecified atom stereocenters. The van der Waals surface area contributed by atoms with Crippen LogP contribution in [0.4, 0.5) is 24.5 Å². The van der Waals surface area contributed by atoms with Crippen LogP contribution in [0.15, 0.2) is 72.1 Å². The van der Waals surface area contributed by atoms with Gasteiger partial charge in [-0.25, -0.2) is 4.68 Å². The van der Waals surface area contributed by atoms with E-state index in [1.165, 1.54) is 64.5 Å². The normalized spacial score (nSPS) is 11.3. The molecule has 0 bridgehead atoms. The second-order valence-electron chi connectivity index (χ2n) is 6.61. The molecule has 2 heterocycles. The molecule has 0 aliphatic carbocycles. The zero-order chi connectivity index (χ0) is 22.9. The molecule has 11 heteroatoms. The Morgan fingerprint density at radius 1 is 1.06 bits per heavy atom. The lowest BCUT2D eigenvalue weighted by Gasteiger charge is -2.09. The number of carbonyl (C=O) groups excluding carboxylic acids is 1. The van der Waals surface area contributed by atoms with Crippen molar-refractivity contribution >= 4 is 28.6 Å². The maximum absolute atomic E-state index is 13.2. The highest BCUT2D eigenvalue weighted by atomic mass is 32.1. The number of amides is 1. The second kappa shape index (κ2) is 8.27. The number of halogens is 3. The molecule has 0 atom stereocenters. The summed E-state index contributed by atoms with van der Waals surface area (Å²) in [6.45, 7) is 0. The molecule has 7 nitrogen and oxygen atoms in total. The lowest BCUT2D eigenvalue weighted by molar-refractivity contribution is -0.384. The van der Waals surface area contributed by atoms with Crippen molar-refractivity contribution in [2.24, 2.45) is 0 Å². The molecule has 1 N–H and O–H groups in total. The van der Waals surface area contributed by atoms with E-state index in [0.29, 0.717) is 10.6 Å². The third-order valence-electron chi connectivity index (χ3n) is 4.46. The van der Waals surface area contributed by atoms with Gasteiger partial charge in [-0.3, -0.25) is 14.9 Å². The van der Waals surface area contributed by atoms with E-state index < -0.39 is 22.7 Å². The Kier molecular flexibility index (Phi) is 5.49. The highest BCUT2D eigenvalue weighted by Gasteiger charge is 2.35. The number of benzene rings is 2. The molecule has 0 aliphatic heterocycles. The summed E-state index contributed by atoms with van der Waals surface area (Å²) >= 11 is 1.28. The Morgan fingerprint density at radius 3 is 2.44 bits per heavy atom. The lowest BCUT2D eigenvalue weighted by atomic mass is 10.2. The van der Waals surface area contributed by atoms with E-state index in [2.05, 4.69) is 10.4 Å². The van der Waals surface area contributed by atoms with Crippen LogP contribution >= 0.6 is 11.3 Å². The summed E-state index contributed by atoms with van der Waals surface area (Å²) in [5, 5.41) is 18.9. The Bertz CT molecular complexity index is 1280. The number of nitrogens with one attached hydrogen (secondary N) is 1. The average molecular weight is 458 g/mol. The van der Waals surface area contributed by atoms with Gasteiger partial charge in [0, 0.05) is 23.4 Å². The molecule has 2 aromatic carbocycles. The smallest absolute Gasteiger partial charge is 0.322 e. The van der Waals surface area contributed by atoms with Gasteiger partial charge in [0.05, 0.1) is 21.2 Å². The third-order valence-corrected chi connectivity index (χ3v) is 5.35. The van der Waals surface area contributed by atoms with Gasteiger partial charge < -0.3 is 5.32 Å². The van der Waals surface area contributed by atoms with Crippen molar-refractivity contribution in [3.05, 3.63) is 93.5 Å². The Hall–Kier alpha value is -3.99. The zero-order valence-electron chi connectivity index (χ0n) is 16.0. The van der Waals surface area contributed by atoms with Gasteiger partial charge in [0.25, 0.3) is 11.6 Å². The van der Waals surface area contributed by atoms with Crippen molar-refractivity contribution in [2.75, 3.05) is 5.32 Å². The first kappa shape index (κ1) is 21.2. The van der Waals surface area contributed by atoms with Crippen molar-refractivity contribution < 1.29 is 22.9 Å². The van der Waals surface area contributed by atoms with Gasteiger partial charge in [-0.1, -0.05) is 12.1 Å². The van der Waals surface area contributed by atoms with Crippen LogP contribution in [0.5, 0.6) is 0 Å². The topological polar surface area (TPSA) is 90.1 Å². The zero-order valence-corrected chi connectivity index (χ0v) is 16.9. The summed E-state index contributed by atoms with van der Waals surface area (Å²) in [6, 6.07) is 15.7. The van der Waals surface area contributed by atoms with Crippen LogP contribution in [0.3, 0.4) is 0 Å². The number of nitro benzene ring substituents is 1. The standard InChI is InChI=1S/C21H13F3N4O3S/c22-21(23,24)19-12-17(18-5-2-10-32-18)27(26-19)15-8-6-13(7-9-15)20(29)25-14-3-1-4-16(11-14)28(30)31/h1-12H,(H,25,29). The van der Waals surface area contributed by atoms with Crippen molar-refractivity contribution in [2.45, 2.75) is 6.18 Å². The molecule has 2 aromatic heterocycles. The maximum atomic E-state index is 13.2. The highest BCUT2D eigenvalue weighted by Crippen LogP contribution is 2.34. The monoisotopic (exact) mass is 458 g/mol. The van der Waals surface area contributed by atoms with Crippen LogP contribution in [-0.4, -0.2) is 20.6 Å². The number of anilines is 1. The summed E-state index contributed by atoms with van der Waals surface area (Å²) < 4.78 is 40.9. The van der Waals surface area contributed by atoms with E-state index in [1.54, 1.807) is 17.5 Å². The summed E-state index contributed by atoms with van der Waals surface area (Å²) in [6.07, 6.45) is -4.60. The number of aromatic nitrogens is 2. The minimum Gasteiger partial charge on any atom is -0.322 e. The van der Waals surface area contributed by atoms with Crippen LogP contribution in [-0.2, 0) is 6.18 Å². The number of non-ortho nitro benzene ring substituents is 1. The number of alkyl halides is 3. The quantitative estimate of drug-likeness (QED) is 0.303. The van der Waals surface area contributed by atoms with E-state index >= 15 is 0 Å². The number of hydrogen-bond donors (Lipinski definition) is 1.